The second-order valence-electron chi connectivity index (χ2n) is 8.68. The highest BCUT2D eigenvalue weighted by Gasteiger charge is 2.41. The molecule has 0 unspecified atom stereocenters. The van der Waals surface area contributed by atoms with Gasteiger partial charge in [0.2, 0.25) is 5.91 Å². The second kappa shape index (κ2) is 10.0. The SMILES string of the molecule is NC(=O)[C@H](C(=O)Nc1ccc(N2CCOCC2=O)cc1OC(F)F)N(CC1CC1)C1CCC1. The van der Waals surface area contributed by atoms with E-state index in [1.165, 1.54) is 23.1 Å². The van der Waals surface area contributed by atoms with Gasteiger partial charge in [0, 0.05) is 30.9 Å². The number of benzene rings is 1. The number of carbonyl (C=O) groups excluding carboxylic acids is 3. The summed E-state index contributed by atoms with van der Waals surface area (Å²) >= 11 is 0. The summed E-state index contributed by atoms with van der Waals surface area (Å²) in [5.74, 6) is -1.67. The number of primary amides is 1. The Morgan fingerprint density at radius 3 is 2.61 bits per heavy atom. The van der Waals surface area contributed by atoms with E-state index in [0.717, 1.165) is 32.1 Å². The molecule has 0 bridgehead atoms. The minimum absolute atomic E-state index is 0.0315. The zero-order valence-electron chi connectivity index (χ0n) is 18.2. The Balaban J connectivity index is 1.56. The summed E-state index contributed by atoms with van der Waals surface area (Å²) in [6.45, 7) is -2.08. The second-order valence-corrected chi connectivity index (χ2v) is 8.68. The van der Waals surface area contributed by atoms with Crippen molar-refractivity contribution in [1.82, 2.24) is 4.90 Å². The number of ether oxygens (including phenoxy) is 2. The fraction of sp³-hybridized carbons (Fsp3) is 0.591. The van der Waals surface area contributed by atoms with Gasteiger partial charge in [-0.2, -0.15) is 8.78 Å². The average molecular weight is 466 g/mol. The number of nitrogens with two attached hydrogens (primary N) is 1. The molecular formula is C22H28F2N4O5. The molecule has 1 heterocycles. The van der Waals surface area contributed by atoms with Crippen LogP contribution in [0.1, 0.15) is 32.1 Å². The van der Waals surface area contributed by atoms with Crippen LogP contribution in [0.2, 0.25) is 0 Å². The summed E-state index contributed by atoms with van der Waals surface area (Å²) in [5, 5.41) is 2.55. The van der Waals surface area contributed by atoms with Crippen LogP contribution >= 0.6 is 0 Å². The fourth-order valence-electron chi connectivity index (χ4n) is 4.19. The van der Waals surface area contributed by atoms with Gasteiger partial charge in [-0.05, 0) is 43.7 Å². The molecule has 1 saturated heterocycles. The first-order chi connectivity index (χ1) is 15.8. The van der Waals surface area contributed by atoms with Crippen molar-refractivity contribution in [1.29, 1.82) is 0 Å². The maximum absolute atomic E-state index is 13.1. The van der Waals surface area contributed by atoms with E-state index >= 15 is 0 Å². The Labute approximate surface area is 190 Å². The molecular weight excluding hydrogens is 438 g/mol. The molecule has 9 nitrogen and oxygen atoms in total. The topological polar surface area (TPSA) is 114 Å². The maximum Gasteiger partial charge on any atom is 0.387 e. The molecule has 11 heteroatoms. The van der Waals surface area contributed by atoms with Gasteiger partial charge in [0.25, 0.3) is 11.8 Å². The predicted octanol–water partition coefficient (Wildman–Crippen LogP) is 1.71. The molecule has 2 aliphatic carbocycles. The smallest absolute Gasteiger partial charge is 0.387 e. The van der Waals surface area contributed by atoms with Crippen LogP contribution in [0.25, 0.3) is 0 Å². The molecule has 0 radical (unpaired) electrons. The zero-order chi connectivity index (χ0) is 23.5. The van der Waals surface area contributed by atoms with Crippen molar-refractivity contribution in [3.8, 4) is 5.75 Å². The highest BCUT2D eigenvalue weighted by Crippen LogP contribution is 2.36. The van der Waals surface area contributed by atoms with Crippen molar-refractivity contribution in [3.63, 3.8) is 0 Å². The number of hydrogen-bond donors (Lipinski definition) is 2. The predicted molar refractivity (Wildman–Crippen MR) is 115 cm³/mol. The first kappa shape index (κ1) is 23.4. The van der Waals surface area contributed by atoms with Crippen molar-refractivity contribution in [3.05, 3.63) is 18.2 Å². The highest BCUT2D eigenvalue weighted by molar-refractivity contribution is 6.10. The first-order valence-corrected chi connectivity index (χ1v) is 11.2. The number of hydrogen-bond acceptors (Lipinski definition) is 6. The molecule has 2 saturated carbocycles. The number of halogens is 2. The maximum atomic E-state index is 13.1. The van der Waals surface area contributed by atoms with Crippen LogP contribution in [0.5, 0.6) is 5.75 Å². The van der Waals surface area contributed by atoms with Gasteiger partial charge < -0.3 is 25.4 Å². The lowest BCUT2D eigenvalue weighted by molar-refractivity contribution is -0.135. The molecule has 3 fully saturated rings. The third-order valence-electron chi connectivity index (χ3n) is 6.30. The summed E-state index contributed by atoms with van der Waals surface area (Å²) in [6, 6.07) is 3.04. The van der Waals surface area contributed by atoms with Crippen molar-refractivity contribution in [2.75, 3.05) is 36.5 Å². The van der Waals surface area contributed by atoms with Gasteiger partial charge in [0.15, 0.2) is 11.8 Å². The van der Waals surface area contributed by atoms with E-state index in [0.29, 0.717) is 24.8 Å². The van der Waals surface area contributed by atoms with E-state index in [9.17, 15) is 23.2 Å². The van der Waals surface area contributed by atoms with Gasteiger partial charge >= 0.3 is 6.61 Å². The molecule has 0 aromatic heterocycles. The lowest BCUT2D eigenvalue weighted by Gasteiger charge is -2.40. The standard InChI is InChI=1S/C22H28F2N4O5/c23-22(24)33-17-10-15(27-8-9-32-12-18(27)29)6-7-16(17)26-21(31)19(20(25)30)28(11-13-4-5-13)14-2-1-3-14/h6-7,10,13-14,19,22H,1-5,8-9,11-12H2,(H2,25,30)(H,26,31)/t19-/m1/s1. The Hall–Kier alpha value is -2.79. The van der Waals surface area contributed by atoms with Crippen molar-refractivity contribution in [2.24, 2.45) is 11.7 Å². The van der Waals surface area contributed by atoms with Crippen LogP contribution in [0.3, 0.4) is 0 Å². The Kier molecular flexibility index (Phi) is 7.08. The largest absolute Gasteiger partial charge is 0.433 e. The van der Waals surface area contributed by atoms with Gasteiger partial charge in [-0.1, -0.05) is 6.42 Å². The molecule has 1 aliphatic heterocycles. The molecule has 1 aromatic rings. The van der Waals surface area contributed by atoms with Crippen molar-refractivity contribution in [2.45, 2.75) is 50.8 Å². The molecule has 3 N–H and O–H groups in total. The number of morpholine rings is 1. The molecule has 3 aliphatic rings. The van der Waals surface area contributed by atoms with Crippen LogP contribution in [0.4, 0.5) is 20.2 Å². The highest BCUT2D eigenvalue weighted by atomic mass is 19.3. The van der Waals surface area contributed by atoms with E-state index < -0.39 is 24.5 Å². The van der Waals surface area contributed by atoms with E-state index in [-0.39, 0.29) is 36.5 Å². The Bertz CT molecular complexity index is 907. The molecule has 33 heavy (non-hydrogen) atoms. The molecule has 4 rings (SSSR count). The number of rotatable bonds is 10. The summed E-state index contributed by atoms with van der Waals surface area (Å²) in [4.78, 5) is 40.8. The van der Waals surface area contributed by atoms with Crippen molar-refractivity contribution < 1.29 is 32.6 Å². The zero-order valence-corrected chi connectivity index (χ0v) is 18.2. The fourth-order valence-corrected chi connectivity index (χ4v) is 4.19. The Morgan fingerprint density at radius 1 is 1.27 bits per heavy atom. The summed E-state index contributed by atoms with van der Waals surface area (Å²) < 4.78 is 35.9. The van der Waals surface area contributed by atoms with Crippen LogP contribution in [-0.4, -0.2) is 67.6 Å². The molecule has 1 aromatic carbocycles. The summed E-state index contributed by atoms with van der Waals surface area (Å²) in [5.41, 5.74) is 5.92. The normalized spacial score (nSPS) is 20.0. The molecule has 0 spiro atoms. The number of carbonyl (C=O) groups is 3. The molecule has 180 valence electrons. The lowest BCUT2D eigenvalue weighted by Crippen LogP contribution is -2.57. The van der Waals surface area contributed by atoms with E-state index in [1.54, 1.807) is 0 Å². The van der Waals surface area contributed by atoms with Gasteiger partial charge in [-0.25, -0.2) is 0 Å². The van der Waals surface area contributed by atoms with Crippen molar-refractivity contribution >= 4 is 29.1 Å². The van der Waals surface area contributed by atoms with Gasteiger partial charge in [-0.3, -0.25) is 19.3 Å². The lowest BCUT2D eigenvalue weighted by atomic mass is 9.89. The summed E-state index contributed by atoms with van der Waals surface area (Å²) in [6.07, 6.45) is 4.87. The van der Waals surface area contributed by atoms with E-state index in [2.05, 4.69) is 10.1 Å². The van der Waals surface area contributed by atoms with Crippen LogP contribution < -0.4 is 20.7 Å². The third kappa shape index (κ3) is 5.59. The average Bonchev–Trinajstić information content (AvgIpc) is 3.52. The monoisotopic (exact) mass is 466 g/mol. The number of alkyl halides is 2. The number of nitrogens with zero attached hydrogens (tertiary/aromatic N) is 2. The van der Waals surface area contributed by atoms with Gasteiger partial charge in [0.05, 0.1) is 12.3 Å². The third-order valence-corrected chi connectivity index (χ3v) is 6.30. The quantitative estimate of drug-likeness (QED) is 0.508. The Morgan fingerprint density at radius 2 is 2.03 bits per heavy atom. The van der Waals surface area contributed by atoms with Gasteiger partial charge in [0.1, 0.15) is 6.61 Å². The minimum atomic E-state index is -3.15. The van der Waals surface area contributed by atoms with Crippen LogP contribution in [0, 0.1) is 5.92 Å². The molecule has 1 atom stereocenters. The van der Waals surface area contributed by atoms with Crippen LogP contribution in [0.15, 0.2) is 18.2 Å². The minimum Gasteiger partial charge on any atom is -0.433 e. The number of anilines is 2. The van der Waals surface area contributed by atoms with E-state index in [1.807, 2.05) is 4.90 Å². The summed E-state index contributed by atoms with van der Waals surface area (Å²) in [7, 11) is 0. The van der Waals surface area contributed by atoms with Crippen LogP contribution in [-0.2, 0) is 19.1 Å². The number of amides is 3. The first-order valence-electron chi connectivity index (χ1n) is 11.2. The van der Waals surface area contributed by atoms with E-state index in [4.69, 9.17) is 10.5 Å². The van der Waals surface area contributed by atoms with Gasteiger partial charge in [-0.15, -0.1) is 0 Å². The number of nitrogens with one attached hydrogen (secondary N) is 1. The molecule has 3 amide bonds.